The summed E-state index contributed by atoms with van der Waals surface area (Å²) in [6.07, 6.45) is 5.23. The average Bonchev–Trinajstić information content (AvgIpc) is 2.85. The molecule has 1 amide bonds. The summed E-state index contributed by atoms with van der Waals surface area (Å²) < 4.78 is 20.2. The summed E-state index contributed by atoms with van der Waals surface area (Å²) in [5.74, 6) is 0.928. The van der Waals surface area contributed by atoms with Gasteiger partial charge in [-0.05, 0) is 36.8 Å². The lowest BCUT2D eigenvalue weighted by molar-refractivity contribution is -0.144. The van der Waals surface area contributed by atoms with Gasteiger partial charge in [-0.2, -0.15) is 0 Å². The summed E-state index contributed by atoms with van der Waals surface area (Å²) in [6.45, 7) is 5.77. The van der Waals surface area contributed by atoms with Gasteiger partial charge in [0.2, 0.25) is 5.91 Å². The van der Waals surface area contributed by atoms with Crippen LogP contribution in [-0.4, -0.2) is 55.9 Å². The van der Waals surface area contributed by atoms with Gasteiger partial charge in [0, 0.05) is 25.7 Å². The second-order valence-corrected chi connectivity index (χ2v) is 8.83. The van der Waals surface area contributed by atoms with Crippen LogP contribution in [-0.2, 0) is 4.79 Å². The number of benzene rings is 1. The normalized spacial score (nSPS) is 15.8. The minimum absolute atomic E-state index is 0.0340. The second kappa shape index (κ2) is 8.56. The standard InChI is InChI=1S/C26H22FN7O2/c1-2-22(35)34-11-10-26(34)14-33(15-26)21-9-8-20-23(32-21)24(30-16-29-20)31-17-12-19(27)25(28-13-17)36-18-6-4-3-5-7-18/h2-9,12-13,16H,1,10-11,14-15H2,(H,29,30,31). The molecule has 4 aromatic rings. The maximum Gasteiger partial charge on any atom is 0.256 e. The number of amides is 1. The SMILES string of the molecule is C=CC(=O)N1CCC12CN(c1ccc3ncnc(Nc4cnc(Oc5ccccc5)c(F)c4)c3n1)C2. The number of anilines is 3. The molecule has 1 N–H and O–H groups in total. The quantitative estimate of drug-likeness (QED) is 0.410. The first-order chi connectivity index (χ1) is 17.5. The highest BCUT2D eigenvalue weighted by Gasteiger charge is 2.55. The fourth-order valence-electron chi connectivity index (χ4n) is 4.65. The number of pyridine rings is 2. The highest BCUT2D eigenvalue weighted by Crippen LogP contribution is 2.41. The maximum atomic E-state index is 14.7. The Kier molecular flexibility index (Phi) is 5.21. The fourth-order valence-corrected chi connectivity index (χ4v) is 4.65. The molecular weight excluding hydrogens is 461 g/mol. The van der Waals surface area contributed by atoms with Crippen molar-refractivity contribution < 1.29 is 13.9 Å². The highest BCUT2D eigenvalue weighted by atomic mass is 19.1. The summed E-state index contributed by atoms with van der Waals surface area (Å²) >= 11 is 0. The van der Waals surface area contributed by atoms with Gasteiger partial charge in [0.15, 0.2) is 11.6 Å². The molecule has 1 aromatic carbocycles. The number of fused-ring (bicyclic) bond motifs is 1. The number of nitrogens with one attached hydrogen (secondary N) is 1. The van der Waals surface area contributed by atoms with Crippen LogP contribution in [0.4, 0.5) is 21.7 Å². The zero-order valence-corrected chi connectivity index (χ0v) is 19.3. The molecule has 36 heavy (non-hydrogen) atoms. The largest absolute Gasteiger partial charge is 0.436 e. The van der Waals surface area contributed by atoms with Crippen molar-refractivity contribution in [3.05, 3.63) is 79.5 Å². The van der Waals surface area contributed by atoms with E-state index in [0.717, 1.165) is 18.8 Å². The number of ether oxygens (including phenoxy) is 1. The van der Waals surface area contributed by atoms with Crippen LogP contribution in [0.5, 0.6) is 11.6 Å². The third kappa shape index (κ3) is 3.76. The molecule has 6 rings (SSSR count). The fraction of sp³-hybridized carbons (Fsp3) is 0.192. The van der Waals surface area contributed by atoms with E-state index in [2.05, 4.69) is 31.7 Å². The van der Waals surface area contributed by atoms with Crippen LogP contribution >= 0.6 is 0 Å². The molecule has 0 atom stereocenters. The van der Waals surface area contributed by atoms with Gasteiger partial charge in [-0.3, -0.25) is 4.79 Å². The number of hydrogen-bond acceptors (Lipinski definition) is 8. The van der Waals surface area contributed by atoms with Gasteiger partial charge < -0.3 is 19.9 Å². The zero-order chi connectivity index (χ0) is 24.7. The van der Waals surface area contributed by atoms with Crippen molar-refractivity contribution in [1.82, 2.24) is 24.8 Å². The van der Waals surface area contributed by atoms with E-state index >= 15 is 0 Å². The summed E-state index contributed by atoms with van der Waals surface area (Å²) in [7, 11) is 0. The Morgan fingerprint density at radius 1 is 1.14 bits per heavy atom. The number of nitrogens with zero attached hydrogens (tertiary/aromatic N) is 6. The smallest absolute Gasteiger partial charge is 0.256 e. The predicted molar refractivity (Wildman–Crippen MR) is 133 cm³/mol. The molecule has 1 spiro atoms. The van der Waals surface area contributed by atoms with Crippen molar-refractivity contribution in [3.63, 3.8) is 0 Å². The number of rotatable bonds is 6. The summed E-state index contributed by atoms with van der Waals surface area (Å²) in [4.78, 5) is 33.6. The first-order valence-electron chi connectivity index (χ1n) is 11.5. The Balaban J connectivity index is 1.21. The molecule has 9 nitrogen and oxygen atoms in total. The van der Waals surface area contributed by atoms with Crippen molar-refractivity contribution in [1.29, 1.82) is 0 Å². The molecule has 0 bridgehead atoms. The van der Waals surface area contributed by atoms with Gasteiger partial charge in [0.1, 0.15) is 23.4 Å². The van der Waals surface area contributed by atoms with E-state index in [4.69, 9.17) is 9.72 Å². The van der Waals surface area contributed by atoms with Gasteiger partial charge in [-0.1, -0.05) is 24.8 Å². The molecule has 10 heteroatoms. The van der Waals surface area contributed by atoms with E-state index in [1.54, 1.807) is 24.3 Å². The van der Waals surface area contributed by atoms with Crippen molar-refractivity contribution in [2.45, 2.75) is 12.0 Å². The molecule has 2 aliphatic rings. The van der Waals surface area contributed by atoms with Crippen molar-refractivity contribution in [2.24, 2.45) is 0 Å². The van der Waals surface area contributed by atoms with Gasteiger partial charge in [-0.25, -0.2) is 24.3 Å². The Labute approximate surface area is 206 Å². The van der Waals surface area contributed by atoms with Crippen LogP contribution in [0, 0.1) is 5.82 Å². The van der Waals surface area contributed by atoms with Crippen molar-refractivity contribution in [3.8, 4) is 11.6 Å². The lowest BCUT2D eigenvalue weighted by atomic mass is 9.77. The number of para-hydroxylation sites is 1. The van der Waals surface area contributed by atoms with E-state index < -0.39 is 5.82 Å². The molecule has 2 saturated heterocycles. The number of halogens is 1. The van der Waals surface area contributed by atoms with Gasteiger partial charge in [0.05, 0.1) is 22.9 Å². The van der Waals surface area contributed by atoms with E-state index in [-0.39, 0.29) is 17.3 Å². The van der Waals surface area contributed by atoms with Gasteiger partial charge >= 0.3 is 0 Å². The third-order valence-corrected chi connectivity index (χ3v) is 6.60. The molecule has 3 aromatic heterocycles. The second-order valence-electron chi connectivity index (χ2n) is 8.83. The minimum atomic E-state index is -0.610. The average molecular weight is 484 g/mol. The lowest BCUT2D eigenvalue weighted by Crippen LogP contribution is -2.78. The number of aromatic nitrogens is 4. The van der Waals surface area contributed by atoms with E-state index in [9.17, 15) is 9.18 Å². The van der Waals surface area contributed by atoms with Crippen LogP contribution < -0.4 is 15.0 Å². The lowest BCUT2D eigenvalue weighted by Gasteiger charge is -2.62. The van der Waals surface area contributed by atoms with Crippen LogP contribution in [0.2, 0.25) is 0 Å². The van der Waals surface area contributed by atoms with Gasteiger partial charge in [-0.15, -0.1) is 0 Å². The maximum absolute atomic E-state index is 14.7. The summed E-state index contributed by atoms with van der Waals surface area (Å²) in [6, 6.07) is 14.0. The highest BCUT2D eigenvalue weighted by molar-refractivity contribution is 5.90. The predicted octanol–water partition coefficient (Wildman–Crippen LogP) is 4.07. The number of hydrogen-bond donors (Lipinski definition) is 1. The topological polar surface area (TPSA) is 96.4 Å². The first kappa shape index (κ1) is 21.9. The zero-order valence-electron chi connectivity index (χ0n) is 19.3. The molecule has 0 saturated carbocycles. The Hall–Kier alpha value is -4.60. The third-order valence-electron chi connectivity index (χ3n) is 6.60. The summed E-state index contributed by atoms with van der Waals surface area (Å²) in [5, 5.41) is 3.10. The molecule has 0 aliphatic carbocycles. The van der Waals surface area contributed by atoms with Crippen LogP contribution in [0.3, 0.4) is 0 Å². The molecule has 180 valence electrons. The molecule has 0 radical (unpaired) electrons. The van der Waals surface area contributed by atoms with Gasteiger partial charge in [0.25, 0.3) is 5.88 Å². The van der Waals surface area contributed by atoms with Crippen molar-refractivity contribution >= 4 is 34.3 Å². The van der Waals surface area contributed by atoms with E-state index in [1.807, 2.05) is 23.1 Å². The van der Waals surface area contributed by atoms with Crippen LogP contribution in [0.15, 0.2) is 73.7 Å². The molecule has 2 aliphatic heterocycles. The minimum Gasteiger partial charge on any atom is -0.436 e. The molecule has 2 fully saturated rings. The first-order valence-corrected chi connectivity index (χ1v) is 11.5. The molecule has 5 heterocycles. The number of carbonyl (C=O) groups is 1. The Bertz CT molecular complexity index is 1470. The molecular formula is C26H22FN7O2. The van der Waals surface area contributed by atoms with Crippen LogP contribution in [0.1, 0.15) is 6.42 Å². The monoisotopic (exact) mass is 483 g/mol. The van der Waals surface area contributed by atoms with Crippen LogP contribution in [0.25, 0.3) is 11.0 Å². The number of carbonyl (C=O) groups excluding carboxylic acids is 1. The summed E-state index contributed by atoms with van der Waals surface area (Å²) in [5.41, 5.74) is 1.46. The van der Waals surface area contributed by atoms with E-state index in [0.29, 0.717) is 41.4 Å². The van der Waals surface area contributed by atoms with Crippen molar-refractivity contribution in [2.75, 3.05) is 29.9 Å². The van der Waals surface area contributed by atoms with E-state index in [1.165, 1.54) is 24.7 Å². The molecule has 0 unspecified atom stereocenters. The Morgan fingerprint density at radius 3 is 2.69 bits per heavy atom. The number of likely N-dealkylation sites (tertiary alicyclic amines) is 1. The Morgan fingerprint density at radius 2 is 1.97 bits per heavy atom.